The number of carboxylic acid groups (broad SMARTS) is 1. The van der Waals surface area contributed by atoms with Crippen LogP contribution < -0.4 is 0 Å². The van der Waals surface area contributed by atoms with E-state index in [1.807, 2.05) is 6.92 Å². The van der Waals surface area contributed by atoms with E-state index in [0.717, 1.165) is 38.2 Å². The Hall–Kier alpha value is -2.91. The number of hydrogen-bond acceptors (Lipinski definition) is 9. The highest BCUT2D eigenvalue weighted by molar-refractivity contribution is 5.81. The SMILES string of the molecule is C=CC(=O)OC(CC)CCCOC(=O)CCC(=O)OCCC1CCC(OC(=O)C2CCC(C(=O)O)CC2)CC1. The molecule has 0 aliphatic heterocycles. The van der Waals surface area contributed by atoms with E-state index in [1.165, 1.54) is 0 Å². The Bertz CT molecular complexity index is 822. The standard InChI is InChI=1S/C29H44O10/c1-3-23(38-25(30)4-2)6-5-18-36-26(31)15-16-27(32)37-19-17-20-7-13-24(14-8-20)39-29(35)22-11-9-21(10-12-22)28(33)34/h4,20-24H,2-3,5-19H2,1H3,(H,33,34). The minimum atomic E-state index is -0.785. The van der Waals surface area contributed by atoms with Gasteiger partial charge in [-0.1, -0.05) is 13.5 Å². The lowest BCUT2D eigenvalue weighted by molar-refractivity contribution is -0.159. The molecule has 0 aromatic carbocycles. The van der Waals surface area contributed by atoms with Crippen LogP contribution in [0.25, 0.3) is 0 Å². The van der Waals surface area contributed by atoms with Crippen LogP contribution in [0.5, 0.6) is 0 Å². The molecule has 39 heavy (non-hydrogen) atoms. The van der Waals surface area contributed by atoms with Gasteiger partial charge in [0.05, 0.1) is 37.9 Å². The zero-order valence-corrected chi connectivity index (χ0v) is 23.1. The average molecular weight is 553 g/mol. The van der Waals surface area contributed by atoms with Crippen molar-refractivity contribution in [2.45, 2.75) is 109 Å². The number of rotatable bonds is 16. The van der Waals surface area contributed by atoms with Gasteiger partial charge in [0, 0.05) is 6.08 Å². The fraction of sp³-hybridized carbons (Fsp3) is 0.759. The largest absolute Gasteiger partial charge is 0.481 e. The van der Waals surface area contributed by atoms with Gasteiger partial charge < -0.3 is 24.1 Å². The lowest BCUT2D eigenvalue weighted by Gasteiger charge is -2.30. The first kappa shape index (κ1) is 32.3. The van der Waals surface area contributed by atoms with Crippen LogP contribution in [0.15, 0.2) is 12.7 Å². The fourth-order valence-electron chi connectivity index (χ4n) is 5.12. The summed E-state index contributed by atoms with van der Waals surface area (Å²) in [6.07, 6.45) is 8.72. The second-order valence-electron chi connectivity index (χ2n) is 10.5. The Morgan fingerprint density at radius 2 is 1.46 bits per heavy atom. The molecule has 2 fully saturated rings. The molecule has 0 radical (unpaired) electrons. The third kappa shape index (κ3) is 12.7. The van der Waals surface area contributed by atoms with Crippen LogP contribution in [0.3, 0.4) is 0 Å². The van der Waals surface area contributed by atoms with Gasteiger partial charge in [-0.05, 0) is 83.0 Å². The summed E-state index contributed by atoms with van der Waals surface area (Å²) in [5, 5.41) is 9.10. The molecule has 10 nitrogen and oxygen atoms in total. The van der Waals surface area contributed by atoms with Gasteiger partial charge in [0.15, 0.2) is 0 Å². The molecule has 0 aromatic rings. The van der Waals surface area contributed by atoms with Gasteiger partial charge in [-0.25, -0.2) is 4.79 Å². The zero-order valence-electron chi connectivity index (χ0n) is 23.1. The van der Waals surface area contributed by atoms with Crippen LogP contribution in [-0.4, -0.2) is 60.4 Å². The second-order valence-corrected chi connectivity index (χ2v) is 10.5. The first-order valence-corrected chi connectivity index (χ1v) is 14.3. The van der Waals surface area contributed by atoms with E-state index >= 15 is 0 Å². The molecular weight excluding hydrogens is 508 g/mol. The molecule has 0 amide bonds. The zero-order chi connectivity index (χ0) is 28.6. The average Bonchev–Trinajstić information content (AvgIpc) is 2.94. The molecule has 10 heteroatoms. The molecule has 0 heterocycles. The molecule has 2 aliphatic carbocycles. The van der Waals surface area contributed by atoms with Crippen molar-refractivity contribution >= 4 is 29.8 Å². The molecule has 2 aliphatic rings. The molecular formula is C29H44O10. The number of aliphatic carboxylic acids is 1. The van der Waals surface area contributed by atoms with Gasteiger partial charge >= 0.3 is 29.8 Å². The maximum Gasteiger partial charge on any atom is 0.330 e. The summed E-state index contributed by atoms with van der Waals surface area (Å²) in [4.78, 5) is 58.6. The van der Waals surface area contributed by atoms with Crippen molar-refractivity contribution in [3.05, 3.63) is 12.7 Å². The van der Waals surface area contributed by atoms with Gasteiger partial charge in [0.1, 0.15) is 12.2 Å². The first-order chi connectivity index (χ1) is 18.7. The van der Waals surface area contributed by atoms with Crippen LogP contribution in [0.4, 0.5) is 0 Å². The molecule has 1 atom stereocenters. The Kier molecular flexibility index (Phi) is 14.6. The highest BCUT2D eigenvalue weighted by Gasteiger charge is 2.32. The van der Waals surface area contributed by atoms with E-state index in [4.69, 9.17) is 24.1 Å². The Balaban J connectivity index is 1.49. The summed E-state index contributed by atoms with van der Waals surface area (Å²) in [6, 6.07) is 0. The fourth-order valence-corrected chi connectivity index (χ4v) is 5.12. The monoisotopic (exact) mass is 552 g/mol. The van der Waals surface area contributed by atoms with Crippen molar-refractivity contribution in [3.8, 4) is 0 Å². The first-order valence-electron chi connectivity index (χ1n) is 14.3. The molecule has 0 saturated heterocycles. The maximum atomic E-state index is 12.5. The van der Waals surface area contributed by atoms with Crippen LogP contribution in [-0.2, 0) is 42.9 Å². The lowest BCUT2D eigenvalue weighted by Crippen LogP contribution is -2.31. The summed E-state index contributed by atoms with van der Waals surface area (Å²) in [5.74, 6) is -2.51. The van der Waals surface area contributed by atoms with Crippen molar-refractivity contribution < 1.29 is 48.0 Å². The van der Waals surface area contributed by atoms with E-state index in [1.54, 1.807) is 0 Å². The Morgan fingerprint density at radius 3 is 2.03 bits per heavy atom. The van der Waals surface area contributed by atoms with Crippen LogP contribution in [0, 0.1) is 17.8 Å². The Labute approximate surface area is 230 Å². The summed E-state index contributed by atoms with van der Waals surface area (Å²) in [6.45, 7) is 5.75. The minimum absolute atomic E-state index is 0.0373. The number of carboxylic acids is 1. The third-order valence-corrected chi connectivity index (χ3v) is 7.65. The van der Waals surface area contributed by atoms with E-state index in [0.29, 0.717) is 50.9 Å². The summed E-state index contributed by atoms with van der Waals surface area (Å²) >= 11 is 0. The van der Waals surface area contributed by atoms with Crippen molar-refractivity contribution in [2.24, 2.45) is 17.8 Å². The van der Waals surface area contributed by atoms with E-state index < -0.39 is 23.9 Å². The molecule has 1 unspecified atom stereocenters. The van der Waals surface area contributed by atoms with Gasteiger partial charge in [-0.15, -0.1) is 0 Å². The third-order valence-electron chi connectivity index (χ3n) is 7.65. The summed E-state index contributed by atoms with van der Waals surface area (Å²) in [7, 11) is 0. The predicted molar refractivity (Wildman–Crippen MR) is 140 cm³/mol. The molecule has 220 valence electrons. The summed E-state index contributed by atoms with van der Waals surface area (Å²) < 4.78 is 21.3. The van der Waals surface area contributed by atoms with Gasteiger partial charge in [-0.2, -0.15) is 0 Å². The maximum absolute atomic E-state index is 12.5. The highest BCUT2D eigenvalue weighted by atomic mass is 16.6. The van der Waals surface area contributed by atoms with Gasteiger partial charge in [0.25, 0.3) is 0 Å². The number of esters is 4. The molecule has 2 rings (SSSR count). The van der Waals surface area contributed by atoms with Crippen LogP contribution in [0.1, 0.15) is 96.8 Å². The molecule has 0 aromatic heterocycles. The second kappa shape index (κ2) is 17.6. The van der Waals surface area contributed by atoms with E-state index in [-0.39, 0.29) is 56.1 Å². The van der Waals surface area contributed by atoms with Crippen molar-refractivity contribution in [1.82, 2.24) is 0 Å². The number of carbonyl (C=O) groups is 5. The van der Waals surface area contributed by atoms with Crippen molar-refractivity contribution in [2.75, 3.05) is 13.2 Å². The summed E-state index contributed by atoms with van der Waals surface area (Å²) in [5.41, 5.74) is 0. The molecule has 1 N–H and O–H groups in total. The highest BCUT2D eigenvalue weighted by Crippen LogP contribution is 2.33. The number of hydrogen-bond donors (Lipinski definition) is 1. The van der Waals surface area contributed by atoms with E-state index in [9.17, 15) is 24.0 Å². The van der Waals surface area contributed by atoms with Gasteiger partial charge in [0.2, 0.25) is 0 Å². The van der Waals surface area contributed by atoms with Crippen LogP contribution >= 0.6 is 0 Å². The van der Waals surface area contributed by atoms with Crippen molar-refractivity contribution in [3.63, 3.8) is 0 Å². The topological polar surface area (TPSA) is 142 Å². The predicted octanol–water partition coefficient (Wildman–Crippen LogP) is 4.52. The van der Waals surface area contributed by atoms with Crippen LogP contribution in [0.2, 0.25) is 0 Å². The van der Waals surface area contributed by atoms with E-state index in [2.05, 4.69) is 6.58 Å². The lowest BCUT2D eigenvalue weighted by atomic mass is 9.82. The molecule has 2 saturated carbocycles. The quantitative estimate of drug-likeness (QED) is 0.126. The number of ether oxygens (including phenoxy) is 4. The Morgan fingerprint density at radius 1 is 0.872 bits per heavy atom. The molecule has 0 bridgehead atoms. The number of carbonyl (C=O) groups excluding carboxylic acids is 4. The normalized spacial score (nSPS) is 23.6. The smallest absolute Gasteiger partial charge is 0.330 e. The van der Waals surface area contributed by atoms with Gasteiger partial charge in [-0.3, -0.25) is 19.2 Å². The molecule has 0 spiro atoms. The minimum Gasteiger partial charge on any atom is -0.481 e. The van der Waals surface area contributed by atoms with Crippen molar-refractivity contribution in [1.29, 1.82) is 0 Å².